The number of carbonyl (C=O) groups is 2. The molecule has 0 aromatic heterocycles. The van der Waals surface area contributed by atoms with Gasteiger partial charge < -0.3 is 15.7 Å². The minimum atomic E-state index is -0.882. The Kier molecular flexibility index (Phi) is 4.29. The largest absolute Gasteiger partial charge is 0.481 e. The summed E-state index contributed by atoms with van der Waals surface area (Å²) in [5.74, 6) is -1.42. The van der Waals surface area contributed by atoms with E-state index in [2.05, 4.69) is 10.6 Å². The van der Waals surface area contributed by atoms with Crippen LogP contribution in [0.4, 0.5) is 10.5 Å². The highest BCUT2D eigenvalue weighted by atomic mass is 35.5. The summed E-state index contributed by atoms with van der Waals surface area (Å²) in [6, 6.07) is 4.65. The molecule has 5 nitrogen and oxygen atoms in total. The fourth-order valence-electron chi connectivity index (χ4n) is 2.05. The van der Waals surface area contributed by atoms with E-state index in [1.54, 1.807) is 24.3 Å². The topological polar surface area (TPSA) is 78.4 Å². The lowest BCUT2D eigenvalue weighted by Crippen LogP contribution is -2.36. The molecule has 1 aliphatic rings. The van der Waals surface area contributed by atoms with Crippen molar-refractivity contribution in [1.82, 2.24) is 5.32 Å². The number of amides is 2. The summed E-state index contributed by atoms with van der Waals surface area (Å²) in [5, 5.41) is 14.7. The Morgan fingerprint density at radius 2 is 2.10 bits per heavy atom. The molecule has 1 aromatic rings. The summed E-state index contributed by atoms with van der Waals surface area (Å²) in [4.78, 5) is 22.7. The van der Waals surface area contributed by atoms with E-state index in [0.717, 1.165) is 5.56 Å². The fourth-order valence-corrected chi connectivity index (χ4v) is 2.22. The second kappa shape index (κ2) is 5.96. The lowest BCUT2D eigenvalue weighted by Gasteiger charge is -2.14. The van der Waals surface area contributed by atoms with Crippen LogP contribution in [0.15, 0.2) is 30.4 Å². The Hall–Kier alpha value is -2.01. The number of hydrogen-bond donors (Lipinski definition) is 3. The SMILES string of the molecule is Cc1ccc(Cl)c(NC(=O)NC2C=CC(C(=O)O)C2)c1. The smallest absolute Gasteiger partial charge is 0.319 e. The van der Waals surface area contributed by atoms with Crippen molar-refractivity contribution in [1.29, 1.82) is 0 Å². The van der Waals surface area contributed by atoms with Crippen molar-refractivity contribution in [3.8, 4) is 0 Å². The Balaban J connectivity index is 1.92. The zero-order valence-corrected chi connectivity index (χ0v) is 11.6. The van der Waals surface area contributed by atoms with Gasteiger partial charge in [0, 0.05) is 0 Å². The van der Waals surface area contributed by atoms with Gasteiger partial charge in [0.15, 0.2) is 0 Å². The second-order valence-electron chi connectivity index (χ2n) is 4.75. The number of aryl methyl sites for hydroxylation is 1. The number of halogens is 1. The first-order chi connectivity index (χ1) is 9.45. The lowest BCUT2D eigenvalue weighted by molar-refractivity contribution is -0.140. The van der Waals surface area contributed by atoms with Crippen LogP contribution in [0.25, 0.3) is 0 Å². The van der Waals surface area contributed by atoms with Crippen LogP contribution in [0.1, 0.15) is 12.0 Å². The van der Waals surface area contributed by atoms with Gasteiger partial charge in [0.05, 0.1) is 22.7 Å². The summed E-state index contributed by atoms with van der Waals surface area (Å²) < 4.78 is 0. The molecule has 106 valence electrons. The predicted octanol–water partition coefficient (Wildman–Crippen LogP) is 2.80. The molecule has 0 aliphatic heterocycles. The van der Waals surface area contributed by atoms with E-state index in [9.17, 15) is 9.59 Å². The number of benzene rings is 1. The molecule has 2 unspecified atom stereocenters. The van der Waals surface area contributed by atoms with Crippen LogP contribution in [-0.2, 0) is 4.79 Å². The molecule has 2 rings (SSSR count). The molecule has 1 aromatic carbocycles. The third-order valence-corrected chi connectivity index (χ3v) is 3.42. The Labute approximate surface area is 121 Å². The van der Waals surface area contributed by atoms with Gasteiger partial charge in [0.1, 0.15) is 0 Å². The number of carboxylic acid groups (broad SMARTS) is 1. The third kappa shape index (κ3) is 3.51. The number of rotatable bonds is 3. The first kappa shape index (κ1) is 14.4. The second-order valence-corrected chi connectivity index (χ2v) is 5.16. The van der Waals surface area contributed by atoms with Gasteiger partial charge in [0.2, 0.25) is 0 Å². The normalized spacial score (nSPS) is 20.7. The van der Waals surface area contributed by atoms with Crippen LogP contribution in [0.3, 0.4) is 0 Å². The number of carboxylic acids is 1. The Bertz CT molecular complexity index is 572. The molecule has 0 saturated heterocycles. The van der Waals surface area contributed by atoms with Crippen LogP contribution < -0.4 is 10.6 Å². The first-order valence-electron chi connectivity index (χ1n) is 6.20. The van der Waals surface area contributed by atoms with Crippen molar-refractivity contribution in [2.45, 2.75) is 19.4 Å². The molecule has 6 heteroatoms. The molecule has 20 heavy (non-hydrogen) atoms. The van der Waals surface area contributed by atoms with E-state index in [4.69, 9.17) is 16.7 Å². The Morgan fingerprint density at radius 3 is 2.75 bits per heavy atom. The zero-order valence-electron chi connectivity index (χ0n) is 10.9. The minimum absolute atomic E-state index is 0.278. The zero-order chi connectivity index (χ0) is 14.7. The number of urea groups is 1. The van der Waals surface area contributed by atoms with Gasteiger partial charge in [0.25, 0.3) is 0 Å². The van der Waals surface area contributed by atoms with Crippen LogP contribution in [0.2, 0.25) is 5.02 Å². The average Bonchev–Trinajstić information content (AvgIpc) is 2.82. The summed E-state index contributed by atoms with van der Waals surface area (Å²) in [6.45, 7) is 1.90. The molecular weight excluding hydrogens is 280 g/mol. The van der Waals surface area contributed by atoms with Crippen molar-refractivity contribution >= 4 is 29.3 Å². The van der Waals surface area contributed by atoms with E-state index in [1.807, 2.05) is 13.0 Å². The monoisotopic (exact) mass is 294 g/mol. The highest BCUT2D eigenvalue weighted by Gasteiger charge is 2.25. The average molecular weight is 295 g/mol. The van der Waals surface area contributed by atoms with Gasteiger partial charge in [-0.15, -0.1) is 0 Å². The number of nitrogens with one attached hydrogen (secondary N) is 2. The quantitative estimate of drug-likeness (QED) is 0.750. The first-order valence-corrected chi connectivity index (χ1v) is 6.58. The van der Waals surface area contributed by atoms with Crippen molar-refractivity contribution in [3.63, 3.8) is 0 Å². The molecule has 0 fully saturated rings. The molecule has 1 aliphatic carbocycles. The molecule has 2 atom stereocenters. The molecule has 3 N–H and O–H groups in total. The molecule has 0 heterocycles. The minimum Gasteiger partial charge on any atom is -0.481 e. The fraction of sp³-hybridized carbons (Fsp3) is 0.286. The predicted molar refractivity (Wildman–Crippen MR) is 77.0 cm³/mol. The van der Waals surface area contributed by atoms with E-state index in [0.29, 0.717) is 17.1 Å². The summed E-state index contributed by atoms with van der Waals surface area (Å²) in [6.07, 6.45) is 3.65. The summed E-state index contributed by atoms with van der Waals surface area (Å²) in [5.41, 5.74) is 1.51. The van der Waals surface area contributed by atoms with E-state index in [1.165, 1.54) is 0 Å². The number of anilines is 1. The highest BCUT2D eigenvalue weighted by Crippen LogP contribution is 2.23. The molecule has 2 amide bonds. The van der Waals surface area contributed by atoms with Crippen LogP contribution in [0.5, 0.6) is 0 Å². The van der Waals surface area contributed by atoms with Crippen molar-refractivity contribution in [2.75, 3.05) is 5.32 Å². The van der Waals surface area contributed by atoms with Crippen LogP contribution in [-0.4, -0.2) is 23.1 Å². The molecule has 0 radical (unpaired) electrons. The van der Waals surface area contributed by atoms with Crippen molar-refractivity contribution < 1.29 is 14.7 Å². The summed E-state index contributed by atoms with van der Waals surface area (Å²) >= 11 is 5.99. The van der Waals surface area contributed by atoms with Gasteiger partial charge in [-0.05, 0) is 31.0 Å². The van der Waals surface area contributed by atoms with Gasteiger partial charge in [-0.2, -0.15) is 0 Å². The van der Waals surface area contributed by atoms with Gasteiger partial charge in [-0.25, -0.2) is 4.79 Å². The number of carbonyl (C=O) groups excluding carboxylic acids is 1. The Morgan fingerprint density at radius 1 is 1.35 bits per heavy atom. The maximum Gasteiger partial charge on any atom is 0.319 e. The van der Waals surface area contributed by atoms with Crippen molar-refractivity contribution in [2.24, 2.45) is 5.92 Å². The number of hydrogen-bond acceptors (Lipinski definition) is 2. The van der Waals surface area contributed by atoms with E-state index in [-0.39, 0.29) is 6.04 Å². The van der Waals surface area contributed by atoms with Crippen LogP contribution in [0, 0.1) is 12.8 Å². The highest BCUT2D eigenvalue weighted by molar-refractivity contribution is 6.33. The molecule has 0 saturated carbocycles. The maximum atomic E-state index is 11.8. The molecule has 0 spiro atoms. The van der Waals surface area contributed by atoms with Gasteiger partial charge in [-0.3, -0.25) is 4.79 Å². The standard InChI is InChI=1S/C14H15ClN2O3/c1-8-2-5-11(15)12(6-8)17-14(20)16-10-4-3-9(7-10)13(18)19/h2-6,9-10H,7H2,1H3,(H,18,19)(H2,16,17,20). The van der Waals surface area contributed by atoms with E-state index < -0.39 is 17.9 Å². The van der Waals surface area contributed by atoms with Crippen molar-refractivity contribution in [3.05, 3.63) is 40.9 Å². The van der Waals surface area contributed by atoms with Gasteiger partial charge in [-0.1, -0.05) is 29.8 Å². The molecular formula is C14H15ClN2O3. The number of aliphatic carboxylic acids is 1. The maximum absolute atomic E-state index is 11.8. The third-order valence-electron chi connectivity index (χ3n) is 3.09. The molecule has 0 bridgehead atoms. The van der Waals surface area contributed by atoms with Gasteiger partial charge >= 0.3 is 12.0 Å². The van der Waals surface area contributed by atoms with Crippen LogP contribution >= 0.6 is 11.6 Å². The van der Waals surface area contributed by atoms with E-state index >= 15 is 0 Å². The lowest BCUT2D eigenvalue weighted by atomic mass is 10.1. The summed E-state index contributed by atoms with van der Waals surface area (Å²) in [7, 11) is 0.